The second kappa shape index (κ2) is 4.54. The van der Waals surface area contributed by atoms with E-state index in [1.165, 1.54) is 5.56 Å². The van der Waals surface area contributed by atoms with Crippen molar-refractivity contribution in [3.05, 3.63) is 34.3 Å². The predicted octanol–water partition coefficient (Wildman–Crippen LogP) is 3.96. The second-order valence-corrected chi connectivity index (χ2v) is 5.50. The first-order valence-corrected chi connectivity index (χ1v) is 5.67. The quantitative estimate of drug-likeness (QED) is 0.804. The second-order valence-electron chi connectivity index (χ2n) is 5.10. The van der Waals surface area contributed by atoms with E-state index < -0.39 is 0 Å². The van der Waals surface area contributed by atoms with E-state index in [-0.39, 0.29) is 5.41 Å². The van der Waals surface area contributed by atoms with Gasteiger partial charge in [-0.1, -0.05) is 44.5 Å². The summed E-state index contributed by atoms with van der Waals surface area (Å²) < 4.78 is 0. The van der Waals surface area contributed by atoms with Crippen LogP contribution in [0.3, 0.4) is 0 Å². The number of nitrogens with one attached hydrogen (secondary N) is 1. The summed E-state index contributed by atoms with van der Waals surface area (Å²) in [4.78, 5) is 0. The number of hydrogen-bond donors (Lipinski definition) is 1. The zero-order valence-electron chi connectivity index (χ0n) is 10.2. The molecule has 0 aliphatic heterocycles. The number of hydrogen-bond acceptors (Lipinski definition) is 1. The first-order valence-electron chi connectivity index (χ1n) is 5.29. The van der Waals surface area contributed by atoms with E-state index in [4.69, 9.17) is 11.6 Å². The average Bonchev–Trinajstić information content (AvgIpc) is 2.10. The van der Waals surface area contributed by atoms with Crippen LogP contribution in [0.2, 0.25) is 5.02 Å². The van der Waals surface area contributed by atoms with E-state index in [0.29, 0.717) is 6.04 Å². The molecule has 1 N–H and O–H groups in total. The van der Waals surface area contributed by atoms with Crippen molar-refractivity contribution in [2.45, 2.75) is 33.7 Å². The van der Waals surface area contributed by atoms with Crippen LogP contribution < -0.4 is 5.32 Å². The number of rotatable bonds is 2. The molecular weight excluding hydrogens is 206 g/mol. The maximum absolute atomic E-state index is 6.14. The Morgan fingerprint density at radius 3 is 2.27 bits per heavy atom. The van der Waals surface area contributed by atoms with Gasteiger partial charge in [-0.05, 0) is 36.6 Å². The summed E-state index contributed by atoms with van der Waals surface area (Å²) in [5.41, 5.74) is 2.57. The Balaban J connectivity index is 3.08. The molecule has 1 rings (SSSR count). The molecule has 1 aromatic rings. The van der Waals surface area contributed by atoms with Gasteiger partial charge in [0.2, 0.25) is 0 Å². The van der Waals surface area contributed by atoms with Gasteiger partial charge < -0.3 is 5.32 Å². The van der Waals surface area contributed by atoms with Gasteiger partial charge in [0.05, 0.1) is 0 Å². The summed E-state index contributed by atoms with van der Waals surface area (Å²) in [6, 6.07) is 6.61. The SMILES string of the molecule is CNC(c1ccc(C)c(Cl)c1)C(C)(C)C. The summed E-state index contributed by atoms with van der Waals surface area (Å²) in [5, 5.41) is 4.19. The van der Waals surface area contributed by atoms with Crippen molar-refractivity contribution >= 4 is 11.6 Å². The van der Waals surface area contributed by atoms with Crippen LogP contribution in [0.5, 0.6) is 0 Å². The standard InChI is InChI=1S/C13H20ClN/c1-9-6-7-10(8-11(9)14)12(15-5)13(2,3)4/h6-8,12,15H,1-5H3. The first kappa shape index (κ1) is 12.5. The minimum absolute atomic E-state index is 0.188. The summed E-state index contributed by atoms with van der Waals surface area (Å²) in [6.45, 7) is 8.70. The molecule has 1 aromatic carbocycles. The van der Waals surface area contributed by atoms with Crippen LogP contribution in [0.15, 0.2) is 18.2 Å². The third kappa shape index (κ3) is 2.96. The van der Waals surface area contributed by atoms with Crippen LogP contribution in [0.4, 0.5) is 0 Å². The summed E-state index contributed by atoms with van der Waals surface area (Å²) >= 11 is 6.14. The summed E-state index contributed by atoms with van der Waals surface area (Å²) in [5.74, 6) is 0. The van der Waals surface area contributed by atoms with Crippen molar-refractivity contribution in [2.75, 3.05) is 7.05 Å². The Labute approximate surface area is 97.8 Å². The van der Waals surface area contributed by atoms with Crippen molar-refractivity contribution < 1.29 is 0 Å². The number of halogens is 1. The fraction of sp³-hybridized carbons (Fsp3) is 0.538. The maximum atomic E-state index is 6.14. The van der Waals surface area contributed by atoms with E-state index >= 15 is 0 Å². The lowest BCUT2D eigenvalue weighted by Crippen LogP contribution is -2.29. The van der Waals surface area contributed by atoms with Crippen molar-refractivity contribution in [1.82, 2.24) is 5.32 Å². The van der Waals surface area contributed by atoms with E-state index in [1.54, 1.807) is 0 Å². The highest BCUT2D eigenvalue weighted by molar-refractivity contribution is 6.31. The molecule has 0 spiro atoms. The topological polar surface area (TPSA) is 12.0 Å². The molecule has 1 nitrogen and oxygen atoms in total. The Hall–Kier alpha value is -0.530. The van der Waals surface area contributed by atoms with Crippen molar-refractivity contribution in [3.8, 4) is 0 Å². The largest absolute Gasteiger partial charge is 0.313 e. The minimum Gasteiger partial charge on any atom is -0.313 e. The van der Waals surface area contributed by atoms with Crippen LogP contribution in [-0.4, -0.2) is 7.05 Å². The molecule has 0 fully saturated rings. The van der Waals surface area contributed by atoms with Gasteiger partial charge in [-0.25, -0.2) is 0 Å². The Bertz CT molecular complexity index is 339. The van der Waals surface area contributed by atoms with Gasteiger partial charge >= 0.3 is 0 Å². The predicted molar refractivity (Wildman–Crippen MR) is 67.4 cm³/mol. The van der Waals surface area contributed by atoms with Gasteiger partial charge in [0, 0.05) is 11.1 Å². The molecule has 0 aliphatic carbocycles. The van der Waals surface area contributed by atoms with Gasteiger partial charge in [-0.2, -0.15) is 0 Å². The molecule has 1 atom stereocenters. The molecule has 0 amide bonds. The van der Waals surface area contributed by atoms with Gasteiger partial charge in [0.1, 0.15) is 0 Å². The molecule has 0 aromatic heterocycles. The summed E-state index contributed by atoms with van der Waals surface area (Å²) in [7, 11) is 1.99. The van der Waals surface area contributed by atoms with Crippen LogP contribution in [0.1, 0.15) is 37.9 Å². The monoisotopic (exact) mass is 225 g/mol. The lowest BCUT2D eigenvalue weighted by molar-refractivity contribution is 0.287. The van der Waals surface area contributed by atoms with E-state index in [0.717, 1.165) is 10.6 Å². The lowest BCUT2D eigenvalue weighted by Gasteiger charge is -2.31. The zero-order valence-corrected chi connectivity index (χ0v) is 10.9. The van der Waals surface area contributed by atoms with Crippen molar-refractivity contribution in [2.24, 2.45) is 5.41 Å². The molecule has 0 bridgehead atoms. The normalized spacial score (nSPS) is 14.0. The summed E-state index contributed by atoms with van der Waals surface area (Å²) in [6.07, 6.45) is 0. The minimum atomic E-state index is 0.188. The molecule has 1 unspecified atom stereocenters. The smallest absolute Gasteiger partial charge is 0.0438 e. The van der Waals surface area contributed by atoms with Crippen LogP contribution in [0.25, 0.3) is 0 Å². The maximum Gasteiger partial charge on any atom is 0.0438 e. The van der Waals surface area contributed by atoms with E-state index in [9.17, 15) is 0 Å². The Morgan fingerprint density at radius 2 is 1.87 bits per heavy atom. The van der Waals surface area contributed by atoms with Gasteiger partial charge in [0.15, 0.2) is 0 Å². The molecule has 0 aliphatic rings. The fourth-order valence-electron chi connectivity index (χ4n) is 1.89. The van der Waals surface area contributed by atoms with Gasteiger partial charge in [-0.3, -0.25) is 0 Å². The van der Waals surface area contributed by atoms with Gasteiger partial charge in [0.25, 0.3) is 0 Å². The third-order valence-corrected chi connectivity index (χ3v) is 3.09. The molecular formula is C13H20ClN. The zero-order chi connectivity index (χ0) is 11.6. The highest BCUT2D eigenvalue weighted by atomic mass is 35.5. The Morgan fingerprint density at radius 1 is 1.27 bits per heavy atom. The Kier molecular flexibility index (Phi) is 3.80. The van der Waals surface area contributed by atoms with Crippen LogP contribution >= 0.6 is 11.6 Å². The molecule has 15 heavy (non-hydrogen) atoms. The molecule has 84 valence electrons. The molecule has 0 saturated carbocycles. The van der Waals surface area contributed by atoms with E-state index in [1.807, 2.05) is 14.0 Å². The lowest BCUT2D eigenvalue weighted by atomic mass is 9.82. The number of benzene rings is 1. The molecule has 0 heterocycles. The van der Waals surface area contributed by atoms with E-state index in [2.05, 4.69) is 44.3 Å². The van der Waals surface area contributed by atoms with Gasteiger partial charge in [-0.15, -0.1) is 0 Å². The fourth-order valence-corrected chi connectivity index (χ4v) is 2.08. The van der Waals surface area contributed by atoms with Crippen molar-refractivity contribution in [3.63, 3.8) is 0 Å². The highest BCUT2D eigenvalue weighted by Crippen LogP contribution is 2.33. The average molecular weight is 226 g/mol. The van der Waals surface area contributed by atoms with Crippen LogP contribution in [0, 0.1) is 12.3 Å². The van der Waals surface area contributed by atoms with Crippen molar-refractivity contribution in [1.29, 1.82) is 0 Å². The third-order valence-electron chi connectivity index (χ3n) is 2.68. The highest BCUT2D eigenvalue weighted by Gasteiger charge is 2.24. The molecule has 0 saturated heterocycles. The molecule has 2 heteroatoms. The molecule has 0 radical (unpaired) electrons. The number of aryl methyl sites for hydroxylation is 1. The van der Waals surface area contributed by atoms with Crippen LogP contribution in [-0.2, 0) is 0 Å². The first-order chi connectivity index (χ1) is 6.86.